The van der Waals surface area contributed by atoms with Crippen molar-refractivity contribution >= 4 is 0 Å². The minimum absolute atomic E-state index is 0.540. The van der Waals surface area contributed by atoms with Crippen LogP contribution >= 0.6 is 0 Å². The number of methoxy groups -OCH3 is 1. The molecule has 1 aromatic heterocycles. The summed E-state index contributed by atoms with van der Waals surface area (Å²) in [4.78, 5) is 0. The summed E-state index contributed by atoms with van der Waals surface area (Å²) in [6.07, 6.45) is 1.92. The number of hydrogen-bond donors (Lipinski definition) is 0. The van der Waals surface area contributed by atoms with Crippen molar-refractivity contribution in [2.24, 2.45) is 5.92 Å². The third-order valence-electron chi connectivity index (χ3n) is 1.43. The molecule has 0 radical (unpaired) electrons. The van der Waals surface area contributed by atoms with Crippen LogP contribution in [0.25, 0.3) is 0 Å². The van der Waals surface area contributed by atoms with E-state index in [0.29, 0.717) is 12.5 Å². The molecule has 0 fully saturated rings. The van der Waals surface area contributed by atoms with E-state index in [1.165, 1.54) is 0 Å². The lowest BCUT2D eigenvalue weighted by Gasteiger charge is -2.01. The molecule has 0 N–H and O–H groups in total. The predicted octanol–water partition coefficient (Wildman–Crippen LogP) is 1.08. The first kappa shape index (κ1) is 9.19. The Morgan fingerprint density at radius 3 is 2.92 bits per heavy atom. The highest BCUT2D eigenvalue weighted by Crippen LogP contribution is 1.99. The monoisotopic (exact) mass is 169 g/mol. The van der Waals surface area contributed by atoms with E-state index >= 15 is 0 Å². The van der Waals surface area contributed by atoms with Gasteiger partial charge in [-0.1, -0.05) is 19.1 Å². The van der Waals surface area contributed by atoms with Gasteiger partial charge in [-0.15, -0.1) is 5.10 Å². The van der Waals surface area contributed by atoms with Crippen LogP contribution in [0, 0.1) is 5.92 Å². The summed E-state index contributed by atoms with van der Waals surface area (Å²) in [5.41, 5.74) is 0.887. The summed E-state index contributed by atoms with van der Waals surface area (Å²) in [6, 6.07) is 0. The Morgan fingerprint density at radius 2 is 2.33 bits per heavy atom. The number of hydrogen-bond acceptors (Lipinski definition) is 3. The van der Waals surface area contributed by atoms with Gasteiger partial charge in [0.25, 0.3) is 0 Å². The van der Waals surface area contributed by atoms with Crippen LogP contribution in [0.15, 0.2) is 6.20 Å². The Balaban J connectivity index is 2.52. The van der Waals surface area contributed by atoms with Gasteiger partial charge >= 0.3 is 0 Å². The average molecular weight is 169 g/mol. The molecule has 12 heavy (non-hydrogen) atoms. The number of nitrogens with zero attached hydrogens (tertiary/aromatic N) is 3. The first-order chi connectivity index (χ1) is 5.72. The molecule has 68 valence electrons. The molecule has 0 aliphatic heterocycles. The van der Waals surface area contributed by atoms with Crippen molar-refractivity contribution in [2.45, 2.75) is 27.0 Å². The fourth-order valence-electron chi connectivity index (χ4n) is 1.02. The van der Waals surface area contributed by atoms with Crippen molar-refractivity contribution in [3.8, 4) is 0 Å². The van der Waals surface area contributed by atoms with Crippen molar-refractivity contribution in [2.75, 3.05) is 7.11 Å². The first-order valence-electron chi connectivity index (χ1n) is 4.10. The molecule has 0 aliphatic carbocycles. The SMILES string of the molecule is COCc1cn(CC(C)C)nn1. The van der Waals surface area contributed by atoms with Crippen LogP contribution in [0.4, 0.5) is 0 Å². The first-order valence-corrected chi connectivity index (χ1v) is 4.10. The third kappa shape index (κ3) is 2.62. The summed E-state index contributed by atoms with van der Waals surface area (Å²) < 4.78 is 6.78. The Kier molecular flexibility index (Phi) is 3.22. The molecular formula is C8H15N3O. The van der Waals surface area contributed by atoms with Crippen LogP contribution in [-0.2, 0) is 17.9 Å². The normalized spacial score (nSPS) is 11.0. The molecular weight excluding hydrogens is 154 g/mol. The van der Waals surface area contributed by atoms with Gasteiger partial charge in [-0.05, 0) is 5.92 Å². The van der Waals surface area contributed by atoms with E-state index in [0.717, 1.165) is 12.2 Å². The maximum Gasteiger partial charge on any atom is 0.108 e. The lowest BCUT2D eigenvalue weighted by atomic mass is 10.2. The van der Waals surface area contributed by atoms with Crippen molar-refractivity contribution in [1.29, 1.82) is 0 Å². The van der Waals surface area contributed by atoms with Crippen LogP contribution in [-0.4, -0.2) is 22.1 Å². The number of aromatic nitrogens is 3. The lowest BCUT2D eigenvalue weighted by Crippen LogP contribution is -2.04. The fraction of sp³-hybridized carbons (Fsp3) is 0.750. The molecule has 0 saturated carbocycles. The van der Waals surface area contributed by atoms with Crippen LogP contribution in [0.3, 0.4) is 0 Å². The molecule has 0 atom stereocenters. The summed E-state index contributed by atoms with van der Waals surface area (Å²) in [5.74, 6) is 0.599. The zero-order chi connectivity index (χ0) is 8.97. The maximum atomic E-state index is 4.93. The summed E-state index contributed by atoms with van der Waals surface area (Å²) >= 11 is 0. The second-order valence-corrected chi connectivity index (χ2v) is 3.26. The highest BCUT2D eigenvalue weighted by molar-refractivity contribution is 4.89. The molecule has 1 heterocycles. The van der Waals surface area contributed by atoms with E-state index in [1.807, 2.05) is 10.9 Å². The average Bonchev–Trinajstić information content (AvgIpc) is 2.36. The van der Waals surface area contributed by atoms with Crippen molar-refractivity contribution in [3.05, 3.63) is 11.9 Å². The fourth-order valence-corrected chi connectivity index (χ4v) is 1.02. The Bertz CT molecular complexity index is 232. The van der Waals surface area contributed by atoms with Gasteiger partial charge in [0.15, 0.2) is 0 Å². The van der Waals surface area contributed by atoms with Gasteiger partial charge in [-0.25, -0.2) is 0 Å². The zero-order valence-electron chi connectivity index (χ0n) is 7.82. The van der Waals surface area contributed by atoms with E-state index in [1.54, 1.807) is 7.11 Å². The maximum absolute atomic E-state index is 4.93. The summed E-state index contributed by atoms with van der Waals surface area (Å²) in [7, 11) is 1.65. The molecule has 0 bridgehead atoms. The van der Waals surface area contributed by atoms with Crippen molar-refractivity contribution in [1.82, 2.24) is 15.0 Å². The predicted molar refractivity (Wildman–Crippen MR) is 45.6 cm³/mol. The smallest absolute Gasteiger partial charge is 0.108 e. The number of rotatable bonds is 4. The van der Waals surface area contributed by atoms with E-state index in [2.05, 4.69) is 24.2 Å². The molecule has 4 nitrogen and oxygen atoms in total. The highest BCUT2D eigenvalue weighted by atomic mass is 16.5. The molecule has 0 spiro atoms. The quantitative estimate of drug-likeness (QED) is 0.677. The molecule has 0 unspecified atom stereocenters. The Morgan fingerprint density at radius 1 is 1.58 bits per heavy atom. The molecule has 0 aromatic carbocycles. The van der Waals surface area contributed by atoms with Crippen LogP contribution in [0.1, 0.15) is 19.5 Å². The topological polar surface area (TPSA) is 39.9 Å². The van der Waals surface area contributed by atoms with E-state index in [4.69, 9.17) is 4.74 Å². The van der Waals surface area contributed by atoms with Gasteiger partial charge in [0.2, 0.25) is 0 Å². The van der Waals surface area contributed by atoms with Gasteiger partial charge in [0.1, 0.15) is 5.69 Å². The van der Waals surface area contributed by atoms with E-state index in [9.17, 15) is 0 Å². The molecule has 1 aromatic rings. The molecule has 0 aliphatic rings. The minimum atomic E-state index is 0.540. The zero-order valence-corrected chi connectivity index (χ0v) is 7.82. The van der Waals surface area contributed by atoms with Gasteiger partial charge in [-0.2, -0.15) is 0 Å². The van der Waals surface area contributed by atoms with Crippen LogP contribution in [0.5, 0.6) is 0 Å². The highest BCUT2D eigenvalue weighted by Gasteiger charge is 2.01. The summed E-state index contributed by atoms with van der Waals surface area (Å²) in [6.45, 7) is 5.75. The molecule has 0 amide bonds. The Hall–Kier alpha value is -0.900. The molecule has 0 saturated heterocycles. The lowest BCUT2D eigenvalue weighted by molar-refractivity contribution is 0.181. The van der Waals surface area contributed by atoms with Gasteiger partial charge in [-0.3, -0.25) is 4.68 Å². The van der Waals surface area contributed by atoms with Gasteiger partial charge in [0.05, 0.1) is 12.8 Å². The molecule has 4 heteroatoms. The minimum Gasteiger partial charge on any atom is -0.378 e. The molecule has 1 rings (SSSR count). The van der Waals surface area contributed by atoms with Crippen molar-refractivity contribution < 1.29 is 4.74 Å². The van der Waals surface area contributed by atoms with Crippen LogP contribution < -0.4 is 0 Å². The summed E-state index contributed by atoms with van der Waals surface area (Å²) in [5, 5.41) is 7.91. The van der Waals surface area contributed by atoms with Crippen LogP contribution in [0.2, 0.25) is 0 Å². The van der Waals surface area contributed by atoms with Gasteiger partial charge < -0.3 is 4.74 Å². The second-order valence-electron chi connectivity index (χ2n) is 3.26. The second kappa shape index (κ2) is 4.21. The third-order valence-corrected chi connectivity index (χ3v) is 1.43. The van der Waals surface area contributed by atoms with E-state index < -0.39 is 0 Å². The van der Waals surface area contributed by atoms with Crippen molar-refractivity contribution in [3.63, 3.8) is 0 Å². The largest absolute Gasteiger partial charge is 0.378 e. The van der Waals surface area contributed by atoms with Gasteiger partial charge in [0, 0.05) is 13.7 Å². The number of ether oxygens (including phenoxy) is 1. The van der Waals surface area contributed by atoms with E-state index in [-0.39, 0.29) is 0 Å². The standard InChI is InChI=1S/C8H15N3O/c1-7(2)4-11-5-8(6-12-3)9-10-11/h5,7H,4,6H2,1-3H3. The Labute approximate surface area is 72.5 Å².